The second kappa shape index (κ2) is 7.64. The topological polar surface area (TPSA) is 15.3 Å². The molecule has 4 unspecified atom stereocenters. The second-order valence-corrected chi connectivity index (χ2v) is 7.00. The highest BCUT2D eigenvalue weighted by molar-refractivity contribution is 4.90. The summed E-state index contributed by atoms with van der Waals surface area (Å²) in [5, 5.41) is 3.58. The molecule has 0 aromatic heterocycles. The molecule has 0 radical (unpaired) electrons. The monoisotopic (exact) mass is 266 g/mol. The molecule has 0 aliphatic heterocycles. The molecule has 0 spiro atoms. The van der Waals surface area contributed by atoms with Crippen LogP contribution in [0.2, 0.25) is 0 Å². The first-order valence-electron chi connectivity index (χ1n) is 8.64. The van der Waals surface area contributed by atoms with Crippen LogP contribution in [-0.2, 0) is 0 Å². The van der Waals surface area contributed by atoms with Crippen molar-refractivity contribution in [3.05, 3.63) is 0 Å². The average molecular weight is 266 g/mol. The minimum absolute atomic E-state index is 0.737. The predicted octanol–water partition coefficient (Wildman–Crippen LogP) is 3.52. The van der Waals surface area contributed by atoms with Crippen LogP contribution in [0, 0.1) is 17.8 Å². The Morgan fingerprint density at radius 1 is 1.21 bits per heavy atom. The van der Waals surface area contributed by atoms with Crippen molar-refractivity contribution in [2.45, 2.75) is 64.8 Å². The average Bonchev–Trinajstić information content (AvgIpc) is 3.00. The van der Waals surface area contributed by atoms with E-state index in [1.54, 1.807) is 6.42 Å². The van der Waals surface area contributed by atoms with E-state index in [1.165, 1.54) is 51.6 Å². The zero-order chi connectivity index (χ0) is 13.7. The molecule has 4 atom stereocenters. The van der Waals surface area contributed by atoms with Crippen molar-refractivity contribution in [2.75, 3.05) is 26.7 Å². The Kier molecular flexibility index (Phi) is 6.15. The molecule has 2 saturated carbocycles. The lowest BCUT2D eigenvalue weighted by Crippen LogP contribution is -2.32. The third kappa shape index (κ3) is 4.46. The Morgan fingerprint density at radius 2 is 2.05 bits per heavy atom. The molecular weight excluding hydrogens is 232 g/mol. The van der Waals surface area contributed by atoms with Gasteiger partial charge in [-0.05, 0) is 76.4 Å². The summed E-state index contributed by atoms with van der Waals surface area (Å²) in [6.07, 6.45) is 10.1. The van der Waals surface area contributed by atoms with Crippen LogP contribution in [0.5, 0.6) is 0 Å². The number of hydrogen-bond acceptors (Lipinski definition) is 2. The van der Waals surface area contributed by atoms with Crippen molar-refractivity contribution in [3.8, 4) is 0 Å². The Morgan fingerprint density at radius 3 is 2.63 bits per heavy atom. The molecule has 2 bridgehead atoms. The van der Waals surface area contributed by atoms with Gasteiger partial charge in [0.15, 0.2) is 0 Å². The first-order valence-corrected chi connectivity index (χ1v) is 8.64. The molecule has 2 rings (SSSR count). The van der Waals surface area contributed by atoms with Gasteiger partial charge in [-0.2, -0.15) is 0 Å². The lowest BCUT2D eigenvalue weighted by atomic mass is 9.88. The van der Waals surface area contributed by atoms with Gasteiger partial charge in [0.2, 0.25) is 0 Å². The lowest BCUT2D eigenvalue weighted by Gasteiger charge is -2.27. The van der Waals surface area contributed by atoms with E-state index in [1.807, 2.05) is 0 Å². The van der Waals surface area contributed by atoms with Crippen LogP contribution >= 0.6 is 0 Å². The fourth-order valence-electron chi connectivity index (χ4n) is 4.44. The molecule has 0 heterocycles. The van der Waals surface area contributed by atoms with E-state index in [9.17, 15) is 0 Å². The van der Waals surface area contributed by atoms with Crippen LogP contribution in [0.3, 0.4) is 0 Å². The summed E-state index contributed by atoms with van der Waals surface area (Å²) in [5.41, 5.74) is 0. The normalized spacial score (nSPS) is 31.3. The summed E-state index contributed by atoms with van der Waals surface area (Å²) in [7, 11) is 2.33. The molecule has 2 fully saturated rings. The molecule has 2 heteroatoms. The van der Waals surface area contributed by atoms with Gasteiger partial charge < -0.3 is 10.2 Å². The van der Waals surface area contributed by atoms with Crippen LogP contribution in [0.25, 0.3) is 0 Å². The van der Waals surface area contributed by atoms with E-state index in [0.29, 0.717) is 0 Å². The largest absolute Gasteiger partial charge is 0.314 e. The molecule has 1 N–H and O–H groups in total. The standard InChI is InChI=1S/C17H34N2/c1-4-17(18-5-2)7-6-10-19(3)13-16-12-14-8-9-15(16)11-14/h14-18H,4-13H2,1-3H3. The maximum absolute atomic E-state index is 3.58. The molecule has 0 aromatic carbocycles. The van der Waals surface area contributed by atoms with Crippen molar-refractivity contribution in [2.24, 2.45) is 17.8 Å². The van der Waals surface area contributed by atoms with Gasteiger partial charge in [-0.3, -0.25) is 0 Å². The third-order valence-electron chi connectivity index (χ3n) is 5.51. The van der Waals surface area contributed by atoms with Crippen molar-refractivity contribution >= 4 is 0 Å². The highest BCUT2D eigenvalue weighted by Crippen LogP contribution is 2.48. The van der Waals surface area contributed by atoms with Crippen molar-refractivity contribution in [1.82, 2.24) is 10.2 Å². The zero-order valence-electron chi connectivity index (χ0n) is 13.3. The minimum atomic E-state index is 0.737. The number of nitrogens with one attached hydrogen (secondary N) is 1. The van der Waals surface area contributed by atoms with Crippen LogP contribution in [0.1, 0.15) is 58.8 Å². The van der Waals surface area contributed by atoms with Gasteiger partial charge in [0.1, 0.15) is 0 Å². The zero-order valence-corrected chi connectivity index (χ0v) is 13.3. The summed E-state index contributed by atoms with van der Waals surface area (Å²) in [6.45, 7) is 8.27. The van der Waals surface area contributed by atoms with Gasteiger partial charge in [0, 0.05) is 12.6 Å². The van der Waals surface area contributed by atoms with Crippen molar-refractivity contribution < 1.29 is 0 Å². The van der Waals surface area contributed by atoms with Gasteiger partial charge in [0.05, 0.1) is 0 Å². The molecular formula is C17H34N2. The van der Waals surface area contributed by atoms with Gasteiger partial charge in [-0.25, -0.2) is 0 Å². The third-order valence-corrected chi connectivity index (χ3v) is 5.51. The molecule has 0 aromatic rings. The molecule has 0 saturated heterocycles. The SMILES string of the molecule is CCNC(CC)CCCN(C)CC1CC2CCC1C2. The minimum Gasteiger partial charge on any atom is -0.314 e. The van der Waals surface area contributed by atoms with E-state index in [2.05, 4.69) is 31.1 Å². The Bertz CT molecular complexity index is 254. The van der Waals surface area contributed by atoms with Gasteiger partial charge in [-0.1, -0.05) is 20.3 Å². The molecule has 2 nitrogen and oxygen atoms in total. The van der Waals surface area contributed by atoms with E-state index < -0.39 is 0 Å². The fraction of sp³-hybridized carbons (Fsp3) is 1.00. The van der Waals surface area contributed by atoms with E-state index >= 15 is 0 Å². The van der Waals surface area contributed by atoms with Gasteiger partial charge in [-0.15, -0.1) is 0 Å². The summed E-state index contributed by atoms with van der Waals surface area (Å²) in [4.78, 5) is 2.60. The lowest BCUT2D eigenvalue weighted by molar-refractivity contribution is 0.215. The smallest absolute Gasteiger partial charge is 0.00647 e. The van der Waals surface area contributed by atoms with E-state index in [-0.39, 0.29) is 0 Å². The van der Waals surface area contributed by atoms with Gasteiger partial charge in [0.25, 0.3) is 0 Å². The highest BCUT2D eigenvalue weighted by atomic mass is 15.1. The summed E-state index contributed by atoms with van der Waals surface area (Å²) < 4.78 is 0. The number of rotatable bonds is 9. The number of hydrogen-bond donors (Lipinski definition) is 1. The Labute approximate surface area is 120 Å². The first-order chi connectivity index (χ1) is 9.22. The Balaban J connectivity index is 1.58. The summed E-state index contributed by atoms with van der Waals surface area (Å²) in [5.74, 6) is 3.21. The van der Waals surface area contributed by atoms with Crippen molar-refractivity contribution in [3.63, 3.8) is 0 Å². The predicted molar refractivity (Wildman–Crippen MR) is 83.4 cm³/mol. The molecule has 19 heavy (non-hydrogen) atoms. The summed E-state index contributed by atoms with van der Waals surface area (Å²) >= 11 is 0. The molecule has 112 valence electrons. The Hall–Kier alpha value is -0.0800. The van der Waals surface area contributed by atoms with Crippen LogP contribution in [0.15, 0.2) is 0 Å². The van der Waals surface area contributed by atoms with Crippen LogP contribution in [-0.4, -0.2) is 37.6 Å². The first kappa shape index (κ1) is 15.3. The molecule has 2 aliphatic rings. The fourth-order valence-corrected chi connectivity index (χ4v) is 4.44. The summed E-state index contributed by atoms with van der Waals surface area (Å²) in [6, 6.07) is 0.737. The maximum atomic E-state index is 3.58. The highest BCUT2D eigenvalue weighted by Gasteiger charge is 2.39. The van der Waals surface area contributed by atoms with E-state index in [0.717, 1.165) is 30.3 Å². The van der Waals surface area contributed by atoms with Crippen LogP contribution < -0.4 is 5.32 Å². The second-order valence-electron chi connectivity index (χ2n) is 7.00. The maximum Gasteiger partial charge on any atom is 0.00647 e. The van der Waals surface area contributed by atoms with Crippen LogP contribution in [0.4, 0.5) is 0 Å². The number of fused-ring (bicyclic) bond motifs is 2. The number of nitrogens with zero attached hydrogens (tertiary/aromatic N) is 1. The molecule has 2 aliphatic carbocycles. The van der Waals surface area contributed by atoms with Crippen molar-refractivity contribution in [1.29, 1.82) is 0 Å². The molecule has 0 amide bonds. The van der Waals surface area contributed by atoms with E-state index in [4.69, 9.17) is 0 Å². The quantitative estimate of drug-likeness (QED) is 0.687. The van der Waals surface area contributed by atoms with Gasteiger partial charge >= 0.3 is 0 Å².